The zero-order valence-electron chi connectivity index (χ0n) is 11.3. The van der Waals surface area contributed by atoms with Crippen LogP contribution in [0.25, 0.3) is 0 Å². The van der Waals surface area contributed by atoms with Crippen molar-refractivity contribution < 1.29 is 9.53 Å². The van der Waals surface area contributed by atoms with E-state index in [-0.39, 0.29) is 17.7 Å². The molecule has 94 valence electrons. The Bertz CT molecular complexity index is 244. The average molecular weight is 227 g/mol. The minimum absolute atomic E-state index is 0.0493. The summed E-state index contributed by atoms with van der Waals surface area (Å²) in [5.41, 5.74) is 0.989. The summed E-state index contributed by atoms with van der Waals surface area (Å²) in [7, 11) is 1.68. The van der Waals surface area contributed by atoms with Gasteiger partial charge in [0.1, 0.15) is 0 Å². The van der Waals surface area contributed by atoms with Gasteiger partial charge in [0.05, 0.1) is 6.61 Å². The largest absolute Gasteiger partial charge is 0.383 e. The second kappa shape index (κ2) is 7.44. The second-order valence-electron chi connectivity index (χ2n) is 4.81. The zero-order chi connectivity index (χ0) is 12.7. The van der Waals surface area contributed by atoms with E-state index in [1.165, 1.54) is 0 Å². The Balaban J connectivity index is 4.55. The fraction of sp³-hybridized carbons (Fsp3) is 0.769. The number of carbonyl (C=O) groups excluding carboxylic acids is 1. The Hall–Kier alpha value is -0.830. The van der Waals surface area contributed by atoms with Gasteiger partial charge in [-0.05, 0) is 12.8 Å². The van der Waals surface area contributed by atoms with E-state index in [0.717, 1.165) is 5.70 Å². The summed E-state index contributed by atoms with van der Waals surface area (Å²) in [6.45, 7) is 10.7. The third-order valence-corrected chi connectivity index (χ3v) is 2.32. The normalized spacial score (nSPS) is 14.4. The lowest BCUT2D eigenvalue weighted by Gasteiger charge is -2.20. The van der Waals surface area contributed by atoms with Crippen LogP contribution in [0.2, 0.25) is 0 Å². The lowest BCUT2D eigenvalue weighted by Crippen LogP contribution is -2.32. The highest BCUT2D eigenvalue weighted by Crippen LogP contribution is 2.09. The van der Waals surface area contributed by atoms with Crippen molar-refractivity contribution in [2.24, 2.45) is 11.8 Å². The molecule has 1 N–H and O–H groups in total. The average Bonchev–Trinajstić information content (AvgIpc) is 2.16. The molecule has 1 unspecified atom stereocenters. The molecule has 0 aliphatic heterocycles. The molecule has 0 aromatic rings. The van der Waals surface area contributed by atoms with Crippen molar-refractivity contribution in [1.82, 2.24) is 5.32 Å². The SMILES string of the molecule is COCC(C)N/C(=C/C(=O)C(C)C)C(C)C. The van der Waals surface area contributed by atoms with Crippen LogP contribution in [-0.4, -0.2) is 25.5 Å². The lowest BCUT2D eigenvalue weighted by molar-refractivity contribution is -0.117. The van der Waals surface area contributed by atoms with Crippen molar-refractivity contribution in [2.45, 2.75) is 40.7 Å². The lowest BCUT2D eigenvalue weighted by atomic mass is 10.0. The second-order valence-corrected chi connectivity index (χ2v) is 4.81. The number of hydrogen-bond acceptors (Lipinski definition) is 3. The molecule has 3 nitrogen and oxygen atoms in total. The molecule has 0 aromatic carbocycles. The van der Waals surface area contributed by atoms with E-state index in [9.17, 15) is 4.79 Å². The maximum atomic E-state index is 11.6. The topological polar surface area (TPSA) is 38.3 Å². The predicted molar refractivity (Wildman–Crippen MR) is 67.2 cm³/mol. The molecule has 0 saturated carbocycles. The molecule has 0 amide bonds. The molecule has 0 fully saturated rings. The predicted octanol–water partition coefficient (Wildman–Crippen LogP) is 2.38. The van der Waals surface area contributed by atoms with Crippen molar-refractivity contribution in [3.05, 3.63) is 11.8 Å². The number of methoxy groups -OCH3 is 1. The highest BCUT2D eigenvalue weighted by molar-refractivity contribution is 5.91. The molecule has 0 aliphatic carbocycles. The molecule has 0 bridgehead atoms. The molecule has 0 aromatic heterocycles. The van der Waals surface area contributed by atoms with Gasteiger partial charge >= 0.3 is 0 Å². The first kappa shape index (κ1) is 15.2. The van der Waals surface area contributed by atoms with E-state index in [4.69, 9.17) is 4.74 Å². The van der Waals surface area contributed by atoms with Gasteiger partial charge < -0.3 is 10.1 Å². The summed E-state index contributed by atoms with van der Waals surface area (Å²) in [6, 6.07) is 0.221. The van der Waals surface area contributed by atoms with E-state index in [0.29, 0.717) is 12.5 Å². The molecular weight excluding hydrogens is 202 g/mol. The van der Waals surface area contributed by atoms with Crippen molar-refractivity contribution in [3.8, 4) is 0 Å². The smallest absolute Gasteiger partial charge is 0.159 e. The molecule has 16 heavy (non-hydrogen) atoms. The summed E-state index contributed by atoms with van der Waals surface area (Å²) in [5, 5.41) is 3.32. The van der Waals surface area contributed by atoms with Gasteiger partial charge in [-0.1, -0.05) is 27.7 Å². The van der Waals surface area contributed by atoms with Crippen molar-refractivity contribution in [3.63, 3.8) is 0 Å². The first-order valence-corrected chi connectivity index (χ1v) is 5.89. The molecular formula is C13H25NO2. The first-order chi connectivity index (χ1) is 7.38. The number of rotatable bonds is 7. The van der Waals surface area contributed by atoms with Crippen LogP contribution < -0.4 is 5.32 Å². The van der Waals surface area contributed by atoms with Gasteiger partial charge in [0.2, 0.25) is 0 Å². The van der Waals surface area contributed by atoms with Gasteiger partial charge in [-0.3, -0.25) is 4.79 Å². The van der Waals surface area contributed by atoms with Crippen LogP contribution in [0.5, 0.6) is 0 Å². The maximum Gasteiger partial charge on any atom is 0.159 e. The van der Waals surface area contributed by atoms with Gasteiger partial charge in [-0.25, -0.2) is 0 Å². The van der Waals surface area contributed by atoms with Crippen molar-refractivity contribution in [1.29, 1.82) is 0 Å². The van der Waals surface area contributed by atoms with Gasteiger partial charge in [0.15, 0.2) is 5.78 Å². The Labute approximate surface area is 99.3 Å². The summed E-state index contributed by atoms with van der Waals surface area (Å²) in [4.78, 5) is 11.6. The number of nitrogens with one attached hydrogen (secondary N) is 1. The molecule has 0 spiro atoms. The van der Waals surface area contributed by atoms with Crippen LogP contribution in [0.1, 0.15) is 34.6 Å². The monoisotopic (exact) mass is 227 g/mol. The van der Waals surface area contributed by atoms with Crippen LogP contribution in [-0.2, 0) is 9.53 Å². The van der Waals surface area contributed by atoms with Gasteiger partial charge in [-0.15, -0.1) is 0 Å². The number of ether oxygens (including phenoxy) is 1. The Kier molecular flexibility index (Phi) is 7.06. The summed E-state index contributed by atoms with van der Waals surface area (Å²) < 4.78 is 5.06. The van der Waals surface area contributed by atoms with Crippen LogP contribution in [0.4, 0.5) is 0 Å². The van der Waals surface area contributed by atoms with Gasteiger partial charge in [-0.2, -0.15) is 0 Å². The molecule has 0 rings (SSSR count). The minimum Gasteiger partial charge on any atom is -0.383 e. The highest BCUT2D eigenvalue weighted by Gasteiger charge is 2.11. The van der Waals surface area contributed by atoms with E-state index in [2.05, 4.69) is 19.2 Å². The van der Waals surface area contributed by atoms with Crippen molar-refractivity contribution >= 4 is 5.78 Å². The molecule has 3 heteroatoms. The van der Waals surface area contributed by atoms with Crippen LogP contribution in [0.15, 0.2) is 11.8 Å². The fourth-order valence-electron chi connectivity index (χ4n) is 1.27. The van der Waals surface area contributed by atoms with Gasteiger partial charge in [0.25, 0.3) is 0 Å². The Morgan fingerprint density at radius 2 is 1.75 bits per heavy atom. The first-order valence-electron chi connectivity index (χ1n) is 5.89. The quantitative estimate of drug-likeness (QED) is 0.679. The standard InChI is InChI=1S/C13H25NO2/c1-9(2)12(7-13(15)10(3)4)14-11(5)8-16-6/h7,9-11,14H,8H2,1-6H3/b12-7+. The summed E-state index contributed by atoms with van der Waals surface area (Å²) in [6.07, 6.45) is 1.72. The summed E-state index contributed by atoms with van der Waals surface area (Å²) in [5.74, 6) is 0.538. The van der Waals surface area contributed by atoms with E-state index < -0.39 is 0 Å². The highest BCUT2D eigenvalue weighted by atomic mass is 16.5. The summed E-state index contributed by atoms with van der Waals surface area (Å²) >= 11 is 0. The molecule has 0 saturated heterocycles. The molecule has 1 atom stereocenters. The minimum atomic E-state index is 0.0493. The Morgan fingerprint density at radius 1 is 1.19 bits per heavy atom. The van der Waals surface area contributed by atoms with E-state index >= 15 is 0 Å². The molecule has 0 heterocycles. The number of allylic oxidation sites excluding steroid dienone is 2. The van der Waals surface area contributed by atoms with Gasteiger partial charge in [0, 0.05) is 30.8 Å². The van der Waals surface area contributed by atoms with E-state index in [1.54, 1.807) is 13.2 Å². The zero-order valence-corrected chi connectivity index (χ0v) is 11.3. The maximum absolute atomic E-state index is 11.6. The van der Waals surface area contributed by atoms with Crippen LogP contribution in [0.3, 0.4) is 0 Å². The van der Waals surface area contributed by atoms with Crippen LogP contribution in [0, 0.1) is 11.8 Å². The fourth-order valence-corrected chi connectivity index (χ4v) is 1.27. The number of carbonyl (C=O) groups is 1. The number of hydrogen-bond donors (Lipinski definition) is 1. The molecule has 0 radical (unpaired) electrons. The van der Waals surface area contributed by atoms with Crippen molar-refractivity contribution in [2.75, 3.05) is 13.7 Å². The Morgan fingerprint density at radius 3 is 2.12 bits per heavy atom. The van der Waals surface area contributed by atoms with Crippen LogP contribution >= 0.6 is 0 Å². The third kappa shape index (κ3) is 5.91. The third-order valence-electron chi connectivity index (χ3n) is 2.32. The molecule has 0 aliphatic rings. The number of ketones is 1. The van der Waals surface area contributed by atoms with E-state index in [1.807, 2.05) is 20.8 Å².